The van der Waals surface area contributed by atoms with Gasteiger partial charge in [-0.05, 0) is 0 Å². The fraction of sp³-hybridized carbons (Fsp3) is 0.250. The molecule has 1 nitrogen and oxygen atoms in total. The van der Waals surface area contributed by atoms with Crippen molar-refractivity contribution in [3.05, 3.63) is 30.3 Å². The number of rotatable bonds is 2. The zero-order chi connectivity index (χ0) is 7.40. The molecule has 1 aromatic carbocycles. The first-order valence-corrected chi connectivity index (χ1v) is 3.93. The Balaban J connectivity index is 0. The number of para-hydroxylation sites is 1. The molecule has 0 heterocycles. The molecule has 0 saturated carbocycles. The summed E-state index contributed by atoms with van der Waals surface area (Å²) in [6.45, 7) is 3.15. The van der Waals surface area contributed by atoms with Crippen molar-refractivity contribution >= 4 is 22.2 Å². The first-order valence-electron chi connectivity index (χ1n) is 3.42. The van der Waals surface area contributed by atoms with Crippen LogP contribution in [0.1, 0.15) is 6.92 Å². The average Bonchev–Trinajstić information content (AvgIpc) is 2.05. The molecule has 64 valence electrons. The van der Waals surface area contributed by atoms with E-state index in [9.17, 15) is 0 Å². The van der Waals surface area contributed by atoms with E-state index in [0.29, 0.717) is 0 Å². The van der Waals surface area contributed by atoms with E-state index in [1.807, 2.05) is 18.2 Å². The molecule has 0 atom stereocenters. The van der Waals surface area contributed by atoms with E-state index in [0.717, 1.165) is 6.54 Å². The van der Waals surface area contributed by atoms with Gasteiger partial charge in [0.1, 0.15) is 0 Å². The molecule has 0 unspecified atom stereocenters. The fourth-order valence-electron chi connectivity index (χ4n) is 0.802. The number of anilines is 1. The third-order valence-electron chi connectivity index (χ3n) is 1.43. The standard InChI is InChI=1S/C8H10N.Al.2ClH/c1-2-9-8-6-4-3-5-7-8;;;/h3-7H,2H2,1H3;;2*1H/q-1;+3;;/p-2. The van der Waals surface area contributed by atoms with Gasteiger partial charge in [0.15, 0.2) is 0 Å². The predicted molar refractivity (Wildman–Crippen MR) is 45.2 cm³/mol. The molecular formula is C8H10AlCl2N. The van der Waals surface area contributed by atoms with Gasteiger partial charge in [-0.15, -0.1) is 0 Å². The summed E-state index contributed by atoms with van der Waals surface area (Å²) in [7, 11) is 0. The van der Waals surface area contributed by atoms with E-state index in [1.54, 1.807) is 0 Å². The number of hydrogen-bond acceptors (Lipinski definition) is 1. The van der Waals surface area contributed by atoms with Crippen molar-refractivity contribution in [2.45, 2.75) is 6.92 Å². The summed E-state index contributed by atoms with van der Waals surface area (Å²) >= 11 is 2.68. The maximum absolute atomic E-state index is 2.68. The summed E-state index contributed by atoms with van der Waals surface area (Å²) in [6.07, 6.45) is 0. The van der Waals surface area contributed by atoms with Crippen LogP contribution in [-0.2, 0) is 0 Å². The molecule has 1 aromatic rings. The SMILES string of the molecule is CC[N]([Al+2])c1ccccc1.[Cl-].[Cl-]. The smallest absolute Gasteiger partial charge is 1.00 e. The van der Waals surface area contributed by atoms with Gasteiger partial charge in [0.25, 0.3) is 0 Å². The second-order valence-corrected chi connectivity index (χ2v) is 2.74. The van der Waals surface area contributed by atoms with E-state index < -0.39 is 0 Å². The van der Waals surface area contributed by atoms with Crippen molar-refractivity contribution in [1.29, 1.82) is 0 Å². The van der Waals surface area contributed by atoms with Crippen LogP contribution in [0.5, 0.6) is 0 Å². The zero-order valence-corrected chi connectivity index (χ0v) is 9.54. The first kappa shape index (κ1) is 14.6. The molecule has 0 amide bonds. The Bertz CT molecular complexity index is 194. The van der Waals surface area contributed by atoms with Crippen LogP contribution < -0.4 is 28.7 Å². The summed E-state index contributed by atoms with van der Waals surface area (Å²) in [5.74, 6) is 0. The van der Waals surface area contributed by atoms with Crippen molar-refractivity contribution < 1.29 is 24.8 Å². The second-order valence-electron chi connectivity index (χ2n) is 2.12. The molecule has 0 N–H and O–H groups in total. The van der Waals surface area contributed by atoms with Crippen LogP contribution in [0, 0.1) is 0 Å². The average molecular weight is 218 g/mol. The van der Waals surface area contributed by atoms with Crippen LogP contribution in [0.3, 0.4) is 0 Å². The molecule has 0 aliphatic carbocycles. The van der Waals surface area contributed by atoms with Crippen molar-refractivity contribution in [2.24, 2.45) is 0 Å². The summed E-state index contributed by atoms with van der Waals surface area (Å²) in [6, 6.07) is 10.3. The van der Waals surface area contributed by atoms with Gasteiger partial charge >= 0.3 is 69.9 Å². The Morgan fingerprint density at radius 3 is 2.08 bits per heavy atom. The summed E-state index contributed by atoms with van der Waals surface area (Å²) < 4.78 is 2.12. The third kappa shape index (κ3) is 4.23. The molecule has 0 aliphatic rings. The molecule has 0 fully saturated rings. The summed E-state index contributed by atoms with van der Waals surface area (Å²) in [5, 5.41) is 0. The largest absolute Gasteiger partial charge is 1.00 e. The molecular weight excluding hydrogens is 208 g/mol. The second kappa shape index (κ2) is 7.76. The Kier molecular flexibility index (Phi) is 9.48. The van der Waals surface area contributed by atoms with Crippen LogP contribution >= 0.6 is 0 Å². The third-order valence-corrected chi connectivity index (χ3v) is 2.09. The maximum Gasteiger partial charge on any atom is -1.00 e. The number of hydrogen-bond donors (Lipinski definition) is 0. The number of benzene rings is 1. The maximum atomic E-state index is 2.68. The van der Waals surface area contributed by atoms with Gasteiger partial charge in [-0.25, -0.2) is 0 Å². The van der Waals surface area contributed by atoms with E-state index in [-0.39, 0.29) is 24.8 Å². The van der Waals surface area contributed by atoms with Crippen molar-refractivity contribution in [3.63, 3.8) is 0 Å². The van der Waals surface area contributed by atoms with Crippen LogP contribution in [0.4, 0.5) is 5.69 Å². The molecule has 0 radical (unpaired) electrons. The fourth-order valence-corrected chi connectivity index (χ4v) is 0.974. The Hall–Kier alpha value is 0.132. The Morgan fingerprint density at radius 1 is 1.17 bits per heavy atom. The van der Waals surface area contributed by atoms with Gasteiger partial charge in [-0.2, -0.15) is 0 Å². The van der Waals surface area contributed by atoms with Gasteiger partial charge in [0.05, 0.1) is 0 Å². The molecule has 0 saturated heterocycles. The predicted octanol–water partition coefficient (Wildman–Crippen LogP) is -4.40. The van der Waals surface area contributed by atoms with Crippen LogP contribution in [-0.4, -0.2) is 23.1 Å². The van der Waals surface area contributed by atoms with E-state index in [1.165, 1.54) is 5.69 Å². The first-order chi connectivity index (χ1) is 4.84. The molecule has 0 bridgehead atoms. The topological polar surface area (TPSA) is 3.24 Å². The van der Waals surface area contributed by atoms with Gasteiger partial charge in [-0.1, -0.05) is 0 Å². The van der Waals surface area contributed by atoms with E-state index in [2.05, 4.69) is 39.5 Å². The molecule has 4 heteroatoms. The van der Waals surface area contributed by atoms with Crippen molar-refractivity contribution in [2.75, 3.05) is 10.4 Å². The van der Waals surface area contributed by atoms with Gasteiger partial charge in [0.2, 0.25) is 0 Å². The van der Waals surface area contributed by atoms with Gasteiger partial charge in [0, 0.05) is 0 Å². The Morgan fingerprint density at radius 2 is 1.67 bits per heavy atom. The van der Waals surface area contributed by atoms with Crippen molar-refractivity contribution in [1.82, 2.24) is 0 Å². The molecule has 0 aliphatic heterocycles. The molecule has 0 aromatic heterocycles. The summed E-state index contributed by atoms with van der Waals surface area (Å²) in [5.41, 5.74) is 1.25. The quantitative estimate of drug-likeness (QED) is 0.453. The minimum absolute atomic E-state index is 0. The van der Waals surface area contributed by atoms with Crippen LogP contribution in [0.25, 0.3) is 0 Å². The normalized spacial score (nSPS) is 7.92. The number of nitrogens with zero attached hydrogens (tertiary/aromatic N) is 1. The van der Waals surface area contributed by atoms with Gasteiger partial charge in [-0.3, -0.25) is 0 Å². The van der Waals surface area contributed by atoms with Crippen LogP contribution in [0.2, 0.25) is 0 Å². The molecule has 1 rings (SSSR count). The van der Waals surface area contributed by atoms with Crippen molar-refractivity contribution in [3.8, 4) is 0 Å². The van der Waals surface area contributed by atoms with E-state index in [4.69, 9.17) is 0 Å². The minimum atomic E-state index is 0. The Labute approximate surface area is 94.6 Å². The molecule has 0 spiro atoms. The van der Waals surface area contributed by atoms with Gasteiger partial charge < -0.3 is 24.8 Å². The number of halogens is 2. The minimum Gasteiger partial charge on any atom is -1.00 e. The zero-order valence-electron chi connectivity index (χ0n) is 6.87. The monoisotopic (exact) mass is 217 g/mol. The van der Waals surface area contributed by atoms with Crippen LogP contribution in [0.15, 0.2) is 30.3 Å². The molecule has 12 heavy (non-hydrogen) atoms. The summed E-state index contributed by atoms with van der Waals surface area (Å²) in [4.78, 5) is 0. The van der Waals surface area contributed by atoms with E-state index >= 15 is 0 Å².